The lowest BCUT2D eigenvalue weighted by molar-refractivity contribution is 0.669. The van der Waals surface area contributed by atoms with Crippen molar-refractivity contribution in [1.29, 1.82) is 0 Å². The van der Waals surface area contributed by atoms with Crippen molar-refractivity contribution in [3.8, 4) is 56.4 Å². The van der Waals surface area contributed by atoms with E-state index in [1.54, 1.807) is 11.3 Å². The Balaban J connectivity index is 1.15. The van der Waals surface area contributed by atoms with Gasteiger partial charge in [-0.1, -0.05) is 133 Å². The largest absolute Gasteiger partial charge is 0.456 e. The van der Waals surface area contributed by atoms with Crippen LogP contribution < -0.4 is 0 Å². The summed E-state index contributed by atoms with van der Waals surface area (Å²) in [5.74, 6) is 1.87. The number of nitrogens with zero attached hydrogens (tertiary/aromatic N) is 3. The molecule has 0 fully saturated rings. The van der Waals surface area contributed by atoms with Gasteiger partial charge >= 0.3 is 0 Å². The summed E-state index contributed by atoms with van der Waals surface area (Å²) in [6.07, 6.45) is 0. The molecule has 50 heavy (non-hydrogen) atoms. The van der Waals surface area contributed by atoms with Gasteiger partial charge in [-0.25, -0.2) is 15.0 Å². The monoisotopic (exact) mass is 657 g/mol. The number of hydrogen-bond acceptors (Lipinski definition) is 5. The Kier molecular flexibility index (Phi) is 6.64. The zero-order valence-corrected chi connectivity index (χ0v) is 27.6. The Morgan fingerprint density at radius 3 is 1.58 bits per heavy atom. The second kappa shape index (κ2) is 11.6. The minimum atomic E-state index is 0.608. The first kappa shape index (κ1) is 28.6. The molecule has 0 aliphatic rings. The number of fused-ring (bicyclic) bond motifs is 6. The van der Waals surface area contributed by atoms with Gasteiger partial charge in [-0.3, -0.25) is 0 Å². The summed E-state index contributed by atoms with van der Waals surface area (Å²) in [6, 6.07) is 56.9. The summed E-state index contributed by atoms with van der Waals surface area (Å²) in [4.78, 5) is 15.3. The highest BCUT2D eigenvalue weighted by Crippen LogP contribution is 2.40. The highest BCUT2D eigenvalue weighted by molar-refractivity contribution is 7.25. The molecule has 0 bridgehead atoms. The van der Waals surface area contributed by atoms with E-state index in [4.69, 9.17) is 19.4 Å². The highest BCUT2D eigenvalue weighted by Gasteiger charge is 2.19. The second-order valence-corrected chi connectivity index (χ2v) is 13.5. The standard InChI is InChI=1S/C45H27N3OS/c1-4-11-28(12-5-1)31-21-24-38-37(25-31)42-36(17-10-18-39(42)49-38)45-47-43(30-15-8-3-9-16-30)46-44(48-45)33-20-23-35-34-22-19-32(29-13-6-2-7-14-29)26-40(34)50-41(35)27-33/h1-27H. The van der Waals surface area contributed by atoms with Gasteiger partial charge in [0.2, 0.25) is 0 Å². The minimum absolute atomic E-state index is 0.608. The van der Waals surface area contributed by atoms with E-state index in [-0.39, 0.29) is 0 Å². The first-order valence-corrected chi connectivity index (χ1v) is 17.4. The van der Waals surface area contributed by atoms with Crippen molar-refractivity contribution >= 4 is 53.4 Å². The van der Waals surface area contributed by atoms with E-state index < -0.39 is 0 Å². The van der Waals surface area contributed by atoms with E-state index in [0.29, 0.717) is 17.5 Å². The maximum atomic E-state index is 6.38. The minimum Gasteiger partial charge on any atom is -0.456 e. The molecule has 0 aliphatic heterocycles. The molecule has 5 heteroatoms. The predicted octanol–water partition coefficient (Wildman–Crippen LogP) is 12.5. The molecular weight excluding hydrogens is 631 g/mol. The molecule has 0 saturated carbocycles. The molecule has 0 radical (unpaired) electrons. The molecule has 0 aliphatic carbocycles. The summed E-state index contributed by atoms with van der Waals surface area (Å²) in [5, 5.41) is 4.51. The van der Waals surface area contributed by atoms with Crippen LogP contribution in [0.2, 0.25) is 0 Å². The van der Waals surface area contributed by atoms with Crippen LogP contribution >= 0.6 is 11.3 Å². The van der Waals surface area contributed by atoms with Gasteiger partial charge in [0.15, 0.2) is 17.5 Å². The molecule has 3 aromatic heterocycles. The van der Waals surface area contributed by atoms with Crippen molar-refractivity contribution < 1.29 is 4.42 Å². The molecular formula is C45H27N3OS. The fourth-order valence-corrected chi connectivity index (χ4v) is 8.08. The molecule has 0 saturated heterocycles. The van der Waals surface area contributed by atoms with Gasteiger partial charge in [0.05, 0.1) is 0 Å². The Morgan fingerprint density at radius 1 is 0.360 bits per heavy atom. The molecule has 0 atom stereocenters. The van der Waals surface area contributed by atoms with Crippen molar-refractivity contribution in [3.05, 3.63) is 164 Å². The Bertz CT molecular complexity index is 2860. The van der Waals surface area contributed by atoms with Crippen molar-refractivity contribution in [2.24, 2.45) is 0 Å². The van der Waals surface area contributed by atoms with Crippen LogP contribution in [0.3, 0.4) is 0 Å². The maximum Gasteiger partial charge on any atom is 0.164 e. The van der Waals surface area contributed by atoms with Gasteiger partial charge < -0.3 is 4.42 Å². The third kappa shape index (κ3) is 4.87. The first-order valence-electron chi connectivity index (χ1n) is 16.6. The first-order chi connectivity index (χ1) is 24.7. The smallest absolute Gasteiger partial charge is 0.164 e. The fraction of sp³-hybridized carbons (Fsp3) is 0. The van der Waals surface area contributed by atoms with Crippen molar-refractivity contribution in [1.82, 2.24) is 15.0 Å². The summed E-state index contributed by atoms with van der Waals surface area (Å²) < 4.78 is 8.83. The molecule has 0 unspecified atom stereocenters. The van der Waals surface area contributed by atoms with Gasteiger partial charge in [0, 0.05) is 47.6 Å². The number of benzene rings is 7. The second-order valence-electron chi connectivity index (χ2n) is 12.4. The Labute approximate surface area is 292 Å². The van der Waals surface area contributed by atoms with Crippen LogP contribution in [-0.2, 0) is 0 Å². The van der Waals surface area contributed by atoms with Gasteiger partial charge in [-0.2, -0.15) is 0 Å². The van der Waals surface area contributed by atoms with Crippen molar-refractivity contribution in [2.45, 2.75) is 0 Å². The van der Waals surface area contributed by atoms with Crippen LogP contribution in [0.25, 0.3) is 98.5 Å². The molecule has 7 aromatic carbocycles. The van der Waals surface area contributed by atoms with Crippen LogP contribution in [0, 0.1) is 0 Å². The van der Waals surface area contributed by atoms with Gasteiger partial charge in [-0.15, -0.1) is 11.3 Å². The number of rotatable bonds is 5. The van der Waals surface area contributed by atoms with E-state index >= 15 is 0 Å². The van der Waals surface area contributed by atoms with E-state index in [1.165, 1.54) is 31.3 Å². The number of hydrogen-bond donors (Lipinski definition) is 0. The molecule has 234 valence electrons. The summed E-state index contributed by atoms with van der Waals surface area (Å²) in [7, 11) is 0. The molecule has 4 nitrogen and oxygen atoms in total. The van der Waals surface area contributed by atoms with Crippen LogP contribution in [0.1, 0.15) is 0 Å². The molecule has 10 aromatic rings. The summed E-state index contributed by atoms with van der Waals surface area (Å²) in [5.41, 5.74) is 9.14. The van der Waals surface area contributed by atoms with Crippen LogP contribution in [0.5, 0.6) is 0 Å². The van der Waals surface area contributed by atoms with E-state index in [0.717, 1.165) is 49.8 Å². The number of aromatic nitrogens is 3. The Hall–Kier alpha value is -6.43. The van der Waals surface area contributed by atoms with Gasteiger partial charge in [0.1, 0.15) is 11.2 Å². The number of furan rings is 1. The molecule has 3 heterocycles. The number of thiophene rings is 1. The topological polar surface area (TPSA) is 51.8 Å². The normalized spacial score (nSPS) is 11.6. The SMILES string of the molecule is c1ccc(-c2ccc3c(c2)sc2cc(-c4nc(-c5ccccc5)nc(-c5cccc6oc7ccc(-c8ccccc8)cc7c56)n4)ccc23)cc1. The quantitative estimate of drug-likeness (QED) is 0.185. The molecule has 0 amide bonds. The van der Waals surface area contributed by atoms with E-state index in [9.17, 15) is 0 Å². The summed E-state index contributed by atoms with van der Waals surface area (Å²) >= 11 is 1.80. The lowest BCUT2D eigenvalue weighted by Crippen LogP contribution is -2.00. The van der Waals surface area contributed by atoms with Gasteiger partial charge in [-0.05, 0) is 52.6 Å². The van der Waals surface area contributed by atoms with Crippen LogP contribution in [0.4, 0.5) is 0 Å². The molecule has 0 N–H and O–H groups in total. The third-order valence-corrected chi connectivity index (χ3v) is 10.5. The predicted molar refractivity (Wildman–Crippen MR) is 207 cm³/mol. The zero-order chi connectivity index (χ0) is 33.0. The van der Waals surface area contributed by atoms with E-state index in [1.807, 2.05) is 48.5 Å². The Morgan fingerprint density at radius 2 is 0.900 bits per heavy atom. The average Bonchev–Trinajstić information content (AvgIpc) is 3.76. The van der Waals surface area contributed by atoms with Gasteiger partial charge in [0.25, 0.3) is 0 Å². The van der Waals surface area contributed by atoms with Crippen LogP contribution in [0.15, 0.2) is 168 Å². The van der Waals surface area contributed by atoms with Crippen molar-refractivity contribution in [2.75, 3.05) is 0 Å². The zero-order valence-electron chi connectivity index (χ0n) is 26.7. The van der Waals surface area contributed by atoms with Crippen molar-refractivity contribution in [3.63, 3.8) is 0 Å². The van der Waals surface area contributed by atoms with E-state index in [2.05, 4.69) is 115 Å². The maximum absolute atomic E-state index is 6.38. The molecule has 0 spiro atoms. The fourth-order valence-electron chi connectivity index (χ4n) is 6.89. The third-order valence-electron chi connectivity index (χ3n) is 9.35. The highest BCUT2D eigenvalue weighted by atomic mass is 32.1. The molecule has 10 rings (SSSR count). The van der Waals surface area contributed by atoms with Crippen LogP contribution in [-0.4, -0.2) is 15.0 Å². The summed E-state index contributed by atoms with van der Waals surface area (Å²) in [6.45, 7) is 0. The lowest BCUT2D eigenvalue weighted by atomic mass is 10.0. The average molecular weight is 658 g/mol. The lowest BCUT2D eigenvalue weighted by Gasteiger charge is -2.09.